The maximum Gasteiger partial charge on any atom is 0.243 e. The molecule has 0 bridgehead atoms. The highest BCUT2D eigenvalue weighted by atomic mass is 35.5. The Balaban J connectivity index is 1.71. The van der Waals surface area contributed by atoms with Crippen LogP contribution in [0.5, 0.6) is 0 Å². The summed E-state index contributed by atoms with van der Waals surface area (Å²) in [5, 5.41) is 3.72. The van der Waals surface area contributed by atoms with Crippen LogP contribution in [0.15, 0.2) is 71.3 Å². The second-order valence-electron chi connectivity index (χ2n) is 7.26. The van der Waals surface area contributed by atoms with Crippen LogP contribution in [-0.4, -0.2) is 15.5 Å². The monoisotopic (exact) mass is 421 g/mol. The number of benzene rings is 2. The van der Waals surface area contributed by atoms with Gasteiger partial charge in [-0.1, -0.05) is 55.3 Å². The molecule has 0 fully saturated rings. The minimum Gasteiger partial charge on any atom is -0.467 e. The van der Waals surface area contributed by atoms with E-state index in [-0.39, 0.29) is 11.9 Å². The van der Waals surface area contributed by atoms with Crippen molar-refractivity contribution in [1.29, 1.82) is 0 Å². The van der Waals surface area contributed by atoms with E-state index in [1.54, 1.807) is 6.26 Å². The van der Waals surface area contributed by atoms with Crippen LogP contribution < -0.4 is 5.32 Å². The largest absolute Gasteiger partial charge is 0.467 e. The van der Waals surface area contributed by atoms with Gasteiger partial charge in [-0.25, -0.2) is 4.98 Å². The van der Waals surface area contributed by atoms with Crippen molar-refractivity contribution in [3.8, 4) is 0 Å². The molecule has 2 heterocycles. The van der Waals surface area contributed by atoms with Gasteiger partial charge in [0.05, 0.1) is 23.8 Å². The van der Waals surface area contributed by atoms with E-state index >= 15 is 0 Å². The van der Waals surface area contributed by atoms with Crippen LogP contribution in [0.25, 0.3) is 11.0 Å². The highest BCUT2D eigenvalue weighted by Gasteiger charge is 2.25. The summed E-state index contributed by atoms with van der Waals surface area (Å²) in [6, 6.07) is 19.0. The number of hydrogen-bond donors (Lipinski definition) is 1. The zero-order valence-electron chi connectivity index (χ0n) is 16.8. The third-order valence-corrected chi connectivity index (χ3v) is 5.54. The quantitative estimate of drug-likeness (QED) is 0.407. The van der Waals surface area contributed by atoms with Crippen LogP contribution in [0.1, 0.15) is 43.0 Å². The molecule has 4 aromatic rings. The van der Waals surface area contributed by atoms with Crippen LogP contribution in [-0.2, 0) is 17.8 Å². The molecule has 0 radical (unpaired) electrons. The van der Waals surface area contributed by atoms with Gasteiger partial charge in [0.25, 0.3) is 0 Å². The summed E-state index contributed by atoms with van der Waals surface area (Å²) in [6.07, 6.45) is 3.74. The Hall–Kier alpha value is -3.05. The number of aromatic nitrogens is 2. The number of hydrogen-bond acceptors (Lipinski definition) is 3. The average Bonchev–Trinajstić information content (AvgIpc) is 3.39. The topological polar surface area (TPSA) is 60.1 Å². The molecule has 4 rings (SSSR count). The molecule has 0 spiro atoms. The van der Waals surface area contributed by atoms with E-state index in [1.807, 2.05) is 60.7 Å². The van der Waals surface area contributed by atoms with Gasteiger partial charge in [-0.15, -0.1) is 0 Å². The fourth-order valence-electron chi connectivity index (χ4n) is 3.74. The smallest absolute Gasteiger partial charge is 0.243 e. The number of furan rings is 1. The second-order valence-corrected chi connectivity index (χ2v) is 7.66. The molecule has 0 saturated carbocycles. The molecule has 0 saturated heterocycles. The molecule has 0 aliphatic rings. The Kier molecular flexibility index (Phi) is 6.19. The molecule has 0 aliphatic heterocycles. The number of rotatable bonds is 8. The lowest BCUT2D eigenvalue weighted by atomic mass is 10.1. The number of nitrogens with one attached hydrogen (secondary N) is 1. The maximum absolute atomic E-state index is 13.2. The van der Waals surface area contributed by atoms with Crippen molar-refractivity contribution in [1.82, 2.24) is 14.9 Å². The predicted octanol–water partition coefficient (Wildman–Crippen LogP) is 5.53. The van der Waals surface area contributed by atoms with Crippen molar-refractivity contribution in [2.75, 3.05) is 0 Å². The number of carbonyl (C=O) groups is 1. The van der Waals surface area contributed by atoms with E-state index in [2.05, 4.69) is 16.8 Å². The Morgan fingerprint density at radius 3 is 2.70 bits per heavy atom. The van der Waals surface area contributed by atoms with Gasteiger partial charge in [0.2, 0.25) is 5.91 Å². The minimum absolute atomic E-state index is 0.0446. The Bertz CT molecular complexity index is 1130. The number of para-hydroxylation sites is 2. The molecule has 1 N–H and O–H groups in total. The van der Waals surface area contributed by atoms with Crippen molar-refractivity contribution < 1.29 is 9.21 Å². The summed E-state index contributed by atoms with van der Waals surface area (Å²) in [4.78, 5) is 18.1. The van der Waals surface area contributed by atoms with Crippen molar-refractivity contribution in [3.05, 3.63) is 89.1 Å². The first-order chi connectivity index (χ1) is 14.7. The maximum atomic E-state index is 13.2. The lowest BCUT2D eigenvalue weighted by Gasteiger charge is -2.21. The Morgan fingerprint density at radius 2 is 1.93 bits per heavy atom. The van der Waals surface area contributed by atoms with Gasteiger partial charge in [0.1, 0.15) is 17.6 Å². The summed E-state index contributed by atoms with van der Waals surface area (Å²) in [7, 11) is 0. The number of imidazole rings is 1. The molecule has 5 nitrogen and oxygen atoms in total. The van der Waals surface area contributed by atoms with Gasteiger partial charge in [0, 0.05) is 11.4 Å². The zero-order valence-corrected chi connectivity index (χ0v) is 17.6. The van der Waals surface area contributed by atoms with Gasteiger partial charge < -0.3 is 14.3 Å². The first-order valence-corrected chi connectivity index (χ1v) is 10.5. The molecular weight excluding hydrogens is 398 g/mol. The fraction of sp³-hybridized carbons (Fsp3) is 0.250. The highest BCUT2D eigenvalue weighted by molar-refractivity contribution is 6.31. The van der Waals surface area contributed by atoms with E-state index in [4.69, 9.17) is 21.0 Å². The number of fused-ring (bicyclic) bond motifs is 1. The van der Waals surface area contributed by atoms with Gasteiger partial charge in [-0.2, -0.15) is 0 Å². The summed E-state index contributed by atoms with van der Waals surface area (Å²) >= 11 is 6.41. The third kappa shape index (κ3) is 4.26. The van der Waals surface area contributed by atoms with E-state index in [0.717, 1.165) is 34.6 Å². The lowest BCUT2D eigenvalue weighted by molar-refractivity contribution is -0.124. The third-order valence-electron chi connectivity index (χ3n) is 5.17. The number of nitrogens with zero attached hydrogens (tertiary/aromatic N) is 2. The van der Waals surface area contributed by atoms with Gasteiger partial charge >= 0.3 is 0 Å². The summed E-state index contributed by atoms with van der Waals surface area (Å²) < 4.78 is 7.42. The molecular formula is C24H24ClN3O2. The number of carbonyl (C=O) groups excluding carboxylic acids is 1. The zero-order chi connectivity index (χ0) is 20.9. The van der Waals surface area contributed by atoms with E-state index in [9.17, 15) is 4.79 Å². The van der Waals surface area contributed by atoms with Crippen LogP contribution >= 0.6 is 11.6 Å². The van der Waals surface area contributed by atoms with Crippen LogP contribution in [0, 0.1) is 0 Å². The van der Waals surface area contributed by atoms with E-state index in [0.29, 0.717) is 24.4 Å². The molecule has 1 amide bonds. The summed E-state index contributed by atoms with van der Waals surface area (Å²) in [5.41, 5.74) is 2.81. The number of halogens is 1. The van der Waals surface area contributed by atoms with Gasteiger partial charge in [-0.3, -0.25) is 4.79 Å². The highest BCUT2D eigenvalue weighted by Crippen LogP contribution is 2.28. The normalized spacial score (nSPS) is 12.2. The lowest BCUT2D eigenvalue weighted by Crippen LogP contribution is -2.33. The molecule has 6 heteroatoms. The van der Waals surface area contributed by atoms with E-state index in [1.165, 1.54) is 0 Å². The molecule has 2 aromatic carbocycles. The summed E-state index contributed by atoms with van der Waals surface area (Å²) in [6.45, 7) is 2.44. The van der Waals surface area contributed by atoms with Crippen molar-refractivity contribution in [3.63, 3.8) is 0 Å². The van der Waals surface area contributed by atoms with Crippen LogP contribution in [0.3, 0.4) is 0 Å². The number of amides is 1. The molecule has 0 aliphatic carbocycles. The van der Waals surface area contributed by atoms with Crippen molar-refractivity contribution in [2.45, 2.75) is 38.8 Å². The van der Waals surface area contributed by atoms with Crippen LogP contribution in [0.2, 0.25) is 5.02 Å². The molecule has 154 valence electrons. The fourth-order valence-corrected chi connectivity index (χ4v) is 3.94. The van der Waals surface area contributed by atoms with Gasteiger partial charge in [-0.05, 0) is 42.3 Å². The Labute approximate surface area is 180 Å². The average molecular weight is 422 g/mol. The van der Waals surface area contributed by atoms with Crippen molar-refractivity contribution >= 4 is 28.5 Å². The molecule has 2 aromatic heterocycles. The van der Waals surface area contributed by atoms with Gasteiger partial charge in [0.15, 0.2) is 0 Å². The summed E-state index contributed by atoms with van der Waals surface area (Å²) in [5.74, 6) is 1.51. The van der Waals surface area contributed by atoms with E-state index < -0.39 is 0 Å². The SMILES string of the molecule is CCCC(C(=O)NCc1ccco1)n1c(Cc2ccccc2Cl)nc2ccccc21. The predicted molar refractivity (Wildman–Crippen MR) is 118 cm³/mol. The van der Waals surface area contributed by atoms with Crippen molar-refractivity contribution in [2.24, 2.45) is 0 Å². The second kappa shape index (κ2) is 9.18. The Morgan fingerprint density at radius 1 is 1.13 bits per heavy atom. The molecule has 30 heavy (non-hydrogen) atoms. The molecule has 1 atom stereocenters. The first kappa shape index (κ1) is 20.2. The first-order valence-electron chi connectivity index (χ1n) is 10.2. The standard InChI is InChI=1S/C24H24ClN3O2/c1-2-8-22(24(29)26-16-18-10-7-14-30-18)28-21-13-6-5-12-20(21)27-23(28)15-17-9-3-4-11-19(17)25/h3-7,9-14,22H,2,8,15-16H2,1H3,(H,26,29). The minimum atomic E-state index is -0.366. The molecule has 1 unspecified atom stereocenters. The van der Waals surface area contributed by atoms with Crippen LogP contribution in [0.4, 0.5) is 0 Å².